The molecule has 0 aliphatic rings. The van der Waals surface area contributed by atoms with Crippen LogP contribution in [0.1, 0.15) is 25.0 Å². The lowest BCUT2D eigenvalue weighted by Gasteiger charge is -2.16. The SMILES string of the molecule is Cc1ccc(NC(=O)COc2ccc3ccccc3c2CNCC(C)C)cc1. The molecule has 2 N–H and O–H groups in total. The van der Waals surface area contributed by atoms with Gasteiger partial charge < -0.3 is 15.4 Å². The third-order valence-corrected chi connectivity index (χ3v) is 4.55. The second kappa shape index (κ2) is 9.38. The molecule has 4 nitrogen and oxygen atoms in total. The molecule has 146 valence electrons. The Morgan fingerprint density at radius 1 is 1.00 bits per heavy atom. The van der Waals surface area contributed by atoms with Gasteiger partial charge in [-0.2, -0.15) is 0 Å². The largest absolute Gasteiger partial charge is 0.483 e. The molecule has 0 aliphatic heterocycles. The third kappa shape index (κ3) is 5.33. The standard InChI is InChI=1S/C24H28N2O2/c1-17(2)14-25-15-22-21-7-5-4-6-19(21)10-13-23(22)28-16-24(27)26-20-11-8-18(3)9-12-20/h4-13,17,25H,14-16H2,1-3H3,(H,26,27). The van der Waals surface area contributed by atoms with E-state index >= 15 is 0 Å². The van der Waals surface area contributed by atoms with Crippen LogP contribution in [-0.2, 0) is 11.3 Å². The van der Waals surface area contributed by atoms with Crippen molar-refractivity contribution in [3.63, 3.8) is 0 Å². The normalized spacial score (nSPS) is 11.0. The first-order valence-corrected chi connectivity index (χ1v) is 9.73. The van der Waals surface area contributed by atoms with Crippen molar-refractivity contribution in [3.05, 3.63) is 71.8 Å². The van der Waals surface area contributed by atoms with E-state index in [1.54, 1.807) is 0 Å². The molecule has 0 unspecified atom stereocenters. The molecule has 0 spiro atoms. The third-order valence-electron chi connectivity index (χ3n) is 4.55. The first-order chi connectivity index (χ1) is 13.5. The Morgan fingerprint density at radius 3 is 2.50 bits per heavy atom. The van der Waals surface area contributed by atoms with Crippen LogP contribution in [-0.4, -0.2) is 19.1 Å². The number of fused-ring (bicyclic) bond motifs is 1. The minimum atomic E-state index is -0.168. The summed E-state index contributed by atoms with van der Waals surface area (Å²) in [6.45, 7) is 7.99. The Balaban J connectivity index is 1.72. The van der Waals surface area contributed by atoms with Crippen molar-refractivity contribution in [3.8, 4) is 5.75 Å². The zero-order valence-electron chi connectivity index (χ0n) is 16.8. The van der Waals surface area contributed by atoms with Crippen LogP contribution in [0.15, 0.2) is 60.7 Å². The van der Waals surface area contributed by atoms with Gasteiger partial charge in [0.1, 0.15) is 5.75 Å². The average molecular weight is 377 g/mol. The maximum absolute atomic E-state index is 12.3. The van der Waals surface area contributed by atoms with E-state index in [1.165, 1.54) is 5.39 Å². The maximum atomic E-state index is 12.3. The van der Waals surface area contributed by atoms with Crippen LogP contribution in [0.5, 0.6) is 5.75 Å². The van der Waals surface area contributed by atoms with Crippen molar-refractivity contribution in [2.45, 2.75) is 27.3 Å². The van der Waals surface area contributed by atoms with E-state index in [1.807, 2.05) is 55.5 Å². The van der Waals surface area contributed by atoms with Crippen molar-refractivity contribution in [1.29, 1.82) is 0 Å². The summed E-state index contributed by atoms with van der Waals surface area (Å²) in [5.74, 6) is 1.15. The van der Waals surface area contributed by atoms with Crippen molar-refractivity contribution >= 4 is 22.4 Å². The van der Waals surface area contributed by atoms with Crippen LogP contribution < -0.4 is 15.4 Å². The second-order valence-electron chi connectivity index (χ2n) is 7.49. The number of carbonyl (C=O) groups is 1. The Labute approximate surface area is 166 Å². The van der Waals surface area contributed by atoms with Gasteiger partial charge in [0.2, 0.25) is 0 Å². The highest BCUT2D eigenvalue weighted by Gasteiger charge is 2.11. The predicted octanol–water partition coefficient (Wildman–Crippen LogP) is 4.91. The monoisotopic (exact) mass is 376 g/mol. The zero-order valence-corrected chi connectivity index (χ0v) is 16.8. The molecule has 0 saturated carbocycles. The van der Waals surface area contributed by atoms with Gasteiger partial charge in [0.25, 0.3) is 5.91 Å². The number of benzene rings is 3. The van der Waals surface area contributed by atoms with Gasteiger partial charge in [-0.15, -0.1) is 0 Å². The molecule has 0 atom stereocenters. The summed E-state index contributed by atoms with van der Waals surface area (Å²) in [5, 5.41) is 8.68. The van der Waals surface area contributed by atoms with Gasteiger partial charge in [0, 0.05) is 17.8 Å². The highest BCUT2D eigenvalue weighted by atomic mass is 16.5. The lowest BCUT2D eigenvalue weighted by atomic mass is 10.0. The highest BCUT2D eigenvalue weighted by molar-refractivity contribution is 5.92. The van der Waals surface area contributed by atoms with Crippen molar-refractivity contribution in [1.82, 2.24) is 5.32 Å². The number of aryl methyl sites for hydroxylation is 1. The Hall–Kier alpha value is -2.85. The molecule has 3 aromatic carbocycles. The fourth-order valence-electron chi connectivity index (χ4n) is 3.10. The molecule has 0 fully saturated rings. The van der Waals surface area contributed by atoms with Gasteiger partial charge >= 0.3 is 0 Å². The molecule has 28 heavy (non-hydrogen) atoms. The molecule has 0 heterocycles. The summed E-state index contributed by atoms with van der Waals surface area (Å²) < 4.78 is 5.91. The van der Waals surface area contributed by atoms with Crippen molar-refractivity contribution in [2.24, 2.45) is 5.92 Å². The first kappa shape index (κ1) is 19.9. The van der Waals surface area contributed by atoms with E-state index in [4.69, 9.17) is 4.74 Å². The smallest absolute Gasteiger partial charge is 0.262 e. The molecule has 1 amide bonds. The summed E-state index contributed by atoms with van der Waals surface area (Å²) in [7, 11) is 0. The quantitative estimate of drug-likeness (QED) is 0.587. The molecule has 0 aliphatic carbocycles. The van der Waals surface area contributed by atoms with Crippen molar-refractivity contribution in [2.75, 3.05) is 18.5 Å². The van der Waals surface area contributed by atoms with E-state index in [0.717, 1.165) is 34.5 Å². The Bertz CT molecular complexity index is 933. The first-order valence-electron chi connectivity index (χ1n) is 9.73. The molecule has 0 saturated heterocycles. The summed E-state index contributed by atoms with van der Waals surface area (Å²) in [5.41, 5.74) is 3.02. The number of carbonyl (C=O) groups excluding carboxylic acids is 1. The molecule has 0 radical (unpaired) electrons. The van der Waals surface area contributed by atoms with Crippen LogP contribution in [0.2, 0.25) is 0 Å². The summed E-state index contributed by atoms with van der Waals surface area (Å²) >= 11 is 0. The number of ether oxygens (including phenoxy) is 1. The molecular weight excluding hydrogens is 348 g/mol. The van der Waals surface area contributed by atoms with Gasteiger partial charge in [0.15, 0.2) is 6.61 Å². The maximum Gasteiger partial charge on any atom is 0.262 e. The van der Waals surface area contributed by atoms with Gasteiger partial charge in [-0.25, -0.2) is 0 Å². The zero-order chi connectivity index (χ0) is 19.9. The molecule has 3 rings (SSSR count). The van der Waals surface area contributed by atoms with Crippen LogP contribution in [0.25, 0.3) is 10.8 Å². The second-order valence-corrected chi connectivity index (χ2v) is 7.49. The molecule has 4 heteroatoms. The number of amides is 1. The van der Waals surface area contributed by atoms with Gasteiger partial charge in [-0.05, 0) is 48.4 Å². The molecular formula is C24H28N2O2. The topological polar surface area (TPSA) is 50.4 Å². The molecule has 3 aromatic rings. The van der Waals surface area contributed by atoms with Gasteiger partial charge in [0.05, 0.1) is 0 Å². The summed E-state index contributed by atoms with van der Waals surface area (Å²) in [4.78, 5) is 12.3. The van der Waals surface area contributed by atoms with E-state index in [2.05, 4.69) is 36.6 Å². The number of rotatable bonds is 8. The van der Waals surface area contributed by atoms with E-state index in [-0.39, 0.29) is 12.5 Å². The summed E-state index contributed by atoms with van der Waals surface area (Å²) in [6.07, 6.45) is 0. The number of anilines is 1. The minimum absolute atomic E-state index is 0.0244. The fraction of sp³-hybridized carbons (Fsp3) is 0.292. The van der Waals surface area contributed by atoms with E-state index < -0.39 is 0 Å². The minimum Gasteiger partial charge on any atom is -0.483 e. The van der Waals surface area contributed by atoms with Crippen LogP contribution in [0.4, 0.5) is 5.69 Å². The predicted molar refractivity (Wildman–Crippen MR) is 116 cm³/mol. The number of hydrogen-bond donors (Lipinski definition) is 2. The van der Waals surface area contributed by atoms with Gasteiger partial charge in [-0.3, -0.25) is 4.79 Å². The number of nitrogens with one attached hydrogen (secondary N) is 2. The highest BCUT2D eigenvalue weighted by Crippen LogP contribution is 2.28. The van der Waals surface area contributed by atoms with E-state index in [9.17, 15) is 4.79 Å². The average Bonchev–Trinajstić information content (AvgIpc) is 2.68. The van der Waals surface area contributed by atoms with E-state index in [0.29, 0.717) is 12.5 Å². The van der Waals surface area contributed by atoms with Crippen LogP contribution >= 0.6 is 0 Å². The lowest BCUT2D eigenvalue weighted by molar-refractivity contribution is -0.118. The van der Waals surface area contributed by atoms with Crippen LogP contribution in [0.3, 0.4) is 0 Å². The summed E-state index contributed by atoms with van der Waals surface area (Å²) in [6, 6.07) is 20.0. The fourth-order valence-corrected chi connectivity index (χ4v) is 3.10. The molecule has 0 bridgehead atoms. The Morgan fingerprint density at radius 2 is 1.75 bits per heavy atom. The number of hydrogen-bond acceptors (Lipinski definition) is 3. The Kier molecular flexibility index (Phi) is 6.66. The van der Waals surface area contributed by atoms with Crippen molar-refractivity contribution < 1.29 is 9.53 Å². The molecule has 0 aromatic heterocycles. The lowest BCUT2D eigenvalue weighted by Crippen LogP contribution is -2.22. The van der Waals surface area contributed by atoms with Gasteiger partial charge in [-0.1, -0.05) is 61.9 Å². The van der Waals surface area contributed by atoms with Crippen LogP contribution in [0, 0.1) is 12.8 Å².